The zero-order chi connectivity index (χ0) is 14.0. The number of halogens is 3. The lowest BCUT2D eigenvalue weighted by molar-refractivity contribution is 0.102. The van der Waals surface area contributed by atoms with Crippen LogP contribution in [0.3, 0.4) is 0 Å². The van der Waals surface area contributed by atoms with E-state index < -0.39 is 11.1 Å². The summed E-state index contributed by atoms with van der Waals surface area (Å²) in [6, 6.07) is 4.54. The zero-order valence-electron chi connectivity index (χ0n) is 9.12. The molecule has 1 aromatic carbocycles. The second-order valence-corrected chi connectivity index (χ2v) is 5.43. The summed E-state index contributed by atoms with van der Waals surface area (Å²) < 4.78 is 0. The molecule has 2 rings (SSSR count). The Morgan fingerprint density at radius 2 is 2.00 bits per heavy atom. The molecule has 2 aromatic rings. The molecule has 0 spiro atoms. The van der Waals surface area contributed by atoms with Crippen LogP contribution in [-0.2, 0) is 0 Å². The molecule has 0 bridgehead atoms. The van der Waals surface area contributed by atoms with Gasteiger partial charge in [0.05, 0.1) is 10.6 Å². The fraction of sp³-hybridized carbons (Fsp3) is 0. The monoisotopic (exact) mass is 334 g/mol. The maximum Gasteiger partial charge on any atom is 0.271 e. The Labute approximate surface area is 127 Å². The lowest BCUT2D eigenvalue weighted by Gasteiger charge is -2.04. The molecule has 0 aliphatic heterocycles. The largest absolute Gasteiger partial charge is 0.298 e. The Balaban J connectivity index is 2.20. The molecule has 19 heavy (non-hydrogen) atoms. The molecule has 0 saturated heterocycles. The number of rotatable bonds is 3. The summed E-state index contributed by atoms with van der Waals surface area (Å²) in [6.07, 6.45) is 0. The highest BCUT2D eigenvalue weighted by atomic mass is 35.5. The van der Waals surface area contributed by atoms with Crippen LogP contribution in [0, 0.1) is 0 Å². The van der Waals surface area contributed by atoms with Gasteiger partial charge in [-0.2, -0.15) is 0 Å². The van der Waals surface area contributed by atoms with Gasteiger partial charge in [0, 0.05) is 10.4 Å². The average Bonchev–Trinajstić information content (AvgIpc) is 2.80. The molecular formula is C11H5Cl3N2O2S. The van der Waals surface area contributed by atoms with E-state index in [1.54, 1.807) is 6.07 Å². The van der Waals surface area contributed by atoms with Crippen LogP contribution >= 0.6 is 46.1 Å². The first kappa shape index (κ1) is 14.3. The van der Waals surface area contributed by atoms with Gasteiger partial charge >= 0.3 is 0 Å². The van der Waals surface area contributed by atoms with E-state index in [9.17, 15) is 9.59 Å². The minimum Gasteiger partial charge on any atom is -0.298 e. The van der Waals surface area contributed by atoms with Crippen molar-refractivity contribution in [2.45, 2.75) is 0 Å². The van der Waals surface area contributed by atoms with Gasteiger partial charge in [-0.3, -0.25) is 14.9 Å². The van der Waals surface area contributed by atoms with Gasteiger partial charge in [-0.1, -0.05) is 23.2 Å². The Bertz CT molecular complexity index is 657. The highest BCUT2D eigenvalue weighted by Crippen LogP contribution is 2.23. The lowest BCUT2D eigenvalue weighted by atomic mass is 10.2. The number of anilines is 1. The maximum absolute atomic E-state index is 12.0. The van der Waals surface area contributed by atoms with Gasteiger partial charge in [0.2, 0.25) is 0 Å². The molecule has 0 fully saturated rings. The highest BCUT2D eigenvalue weighted by molar-refractivity contribution is 7.14. The van der Waals surface area contributed by atoms with Gasteiger partial charge in [0.1, 0.15) is 5.69 Å². The van der Waals surface area contributed by atoms with Crippen LogP contribution in [0.2, 0.25) is 10.0 Å². The maximum atomic E-state index is 12.0. The summed E-state index contributed by atoms with van der Waals surface area (Å²) in [4.78, 5) is 26.7. The number of aromatic nitrogens is 1. The number of nitrogens with one attached hydrogen (secondary N) is 1. The standard InChI is InChI=1S/C11H5Cl3N2O2S/c12-5-1-2-7(13)6(3-5)10(18)16-11-15-8(4-19-11)9(14)17/h1-4H,(H,15,16,18). The van der Waals surface area contributed by atoms with Crippen molar-refractivity contribution in [2.24, 2.45) is 0 Å². The predicted molar refractivity (Wildman–Crippen MR) is 76.7 cm³/mol. The minimum atomic E-state index is -0.683. The molecule has 4 nitrogen and oxygen atoms in total. The van der Waals surface area contributed by atoms with Crippen LogP contribution in [0.1, 0.15) is 20.8 Å². The van der Waals surface area contributed by atoms with E-state index in [2.05, 4.69) is 10.3 Å². The van der Waals surface area contributed by atoms with Crippen LogP contribution in [0.25, 0.3) is 0 Å². The first-order chi connectivity index (χ1) is 8.97. The van der Waals surface area contributed by atoms with E-state index in [-0.39, 0.29) is 21.4 Å². The molecule has 0 aliphatic rings. The smallest absolute Gasteiger partial charge is 0.271 e. The molecule has 1 aromatic heterocycles. The second-order valence-electron chi connectivity index (χ2n) is 3.39. The Hall–Kier alpha value is -1.14. The van der Waals surface area contributed by atoms with Crippen molar-refractivity contribution in [2.75, 3.05) is 5.32 Å². The topological polar surface area (TPSA) is 59.1 Å². The van der Waals surface area contributed by atoms with E-state index in [4.69, 9.17) is 34.8 Å². The summed E-state index contributed by atoms with van der Waals surface area (Å²) >= 11 is 18.1. The minimum absolute atomic E-state index is 0.0826. The van der Waals surface area contributed by atoms with E-state index in [1.165, 1.54) is 17.5 Å². The molecule has 8 heteroatoms. The molecule has 1 amide bonds. The van der Waals surface area contributed by atoms with Gasteiger partial charge in [-0.15, -0.1) is 11.3 Å². The van der Waals surface area contributed by atoms with E-state index in [0.29, 0.717) is 5.02 Å². The predicted octanol–water partition coefficient (Wildman–Crippen LogP) is 4.08. The molecule has 0 saturated carbocycles. The number of nitrogens with zero attached hydrogens (tertiary/aromatic N) is 1. The number of benzene rings is 1. The van der Waals surface area contributed by atoms with Crippen LogP contribution in [-0.4, -0.2) is 16.1 Å². The van der Waals surface area contributed by atoms with E-state index in [1.807, 2.05) is 0 Å². The third-order valence-electron chi connectivity index (χ3n) is 2.10. The lowest BCUT2D eigenvalue weighted by Crippen LogP contribution is -2.12. The van der Waals surface area contributed by atoms with E-state index in [0.717, 1.165) is 11.3 Å². The zero-order valence-corrected chi connectivity index (χ0v) is 12.2. The summed E-state index contributed by atoms with van der Waals surface area (Å²) in [5, 5.41) is 4.20. The molecule has 1 N–H and O–H groups in total. The van der Waals surface area contributed by atoms with Crippen LogP contribution in [0.4, 0.5) is 5.13 Å². The quantitative estimate of drug-likeness (QED) is 0.860. The van der Waals surface area contributed by atoms with Gasteiger partial charge < -0.3 is 0 Å². The second kappa shape index (κ2) is 5.88. The number of carbonyl (C=O) groups is 2. The Kier molecular flexibility index (Phi) is 4.42. The first-order valence-electron chi connectivity index (χ1n) is 4.89. The highest BCUT2D eigenvalue weighted by Gasteiger charge is 2.14. The van der Waals surface area contributed by atoms with Crippen molar-refractivity contribution in [3.8, 4) is 0 Å². The first-order valence-corrected chi connectivity index (χ1v) is 6.90. The number of amides is 1. The summed E-state index contributed by atoms with van der Waals surface area (Å²) in [5.74, 6) is -0.463. The molecular weight excluding hydrogens is 331 g/mol. The molecule has 98 valence electrons. The molecule has 0 atom stereocenters. The van der Waals surface area contributed by atoms with Crippen molar-refractivity contribution in [1.82, 2.24) is 4.98 Å². The summed E-state index contributed by atoms with van der Waals surface area (Å²) in [5.41, 5.74) is 0.308. The Morgan fingerprint density at radius 3 is 2.63 bits per heavy atom. The molecule has 1 heterocycles. The Morgan fingerprint density at radius 1 is 1.26 bits per heavy atom. The van der Waals surface area contributed by atoms with E-state index >= 15 is 0 Å². The van der Waals surface area contributed by atoms with Crippen molar-refractivity contribution in [1.29, 1.82) is 0 Å². The molecule has 0 unspecified atom stereocenters. The third kappa shape index (κ3) is 3.45. The van der Waals surface area contributed by atoms with Gasteiger partial charge in [0.25, 0.3) is 11.1 Å². The van der Waals surface area contributed by atoms with Gasteiger partial charge in [-0.05, 0) is 29.8 Å². The SMILES string of the molecule is O=C(Cl)c1csc(NC(=O)c2cc(Cl)ccc2Cl)n1. The van der Waals surface area contributed by atoms with Gasteiger partial charge in [-0.25, -0.2) is 4.98 Å². The fourth-order valence-corrected chi connectivity index (χ4v) is 2.48. The summed E-state index contributed by atoms with van der Waals surface area (Å²) in [6.45, 7) is 0. The molecule has 0 aliphatic carbocycles. The number of carbonyl (C=O) groups excluding carboxylic acids is 2. The molecule has 0 radical (unpaired) electrons. The third-order valence-corrected chi connectivity index (χ3v) is 3.62. The normalized spacial score (nSPS) is 10.3. The summed E-state index contributed by atoms with van der Waals surface area (Å²) in [7, 11) is 0. The number of hydrogen-bond donors (Lipinski definition) is 1. The van der Waals surface area contributed by atoms with Crippen molar-refractivity contribution in [3.05, 3.63) is 44.9 Å². The number of hydrogen-bond acceptors (Lipinski definition) is 4. The fourth-order valence-electron chi connectivity index (χ4n) is 1.26. The van der Waals surface area contributed by atoms with Crippen LogP contribution in [0.5, 0.6) is 0 Å². The van der Waals surface area contributed by atoms with Crippen molar-refractivity contribution >= 4 is 62.4 Å². The average molecular weight is 336 g/mol. The van der Waals surface area contributed by atoms with Crippen LogP contribution in [0.15, 0.2) is 23.6 Å². The van der Waals surface area contributed by atoms with Gasteiger partial charge in [0.15, 0.2) is 5.13 Å². The number of thiazole rings is 1. The van der Waals surface area contributed by atoms with Crippen LogP contribution < -0.4 is 5.32 Å². The van der Waals surface area contributed by atoms with Crippen molar-refractivity contribution < 1.29 is 9.59 Å². The van der Waals surface area contributed by atoms with Crippen molar-refractivity contribution in [3.63, 3.8) is 0 Å².